The van der Waals surface area contributed by atoms with E-state index in [-0.39, 0.29) is 11.1 Å². The second kappa shape index (κ2) is 14.4. The van der Waals surface area contributed by atoms with Gasteiger partial charge in [-0.1, -0.05) is 85.0 Å². The van der Waals surface area contributed by atoms with Gasteiger partial charge >= 0.3 is 6.11 Å². The van der Waals surface area contributed by atoms with E-state index in [1.807, 2.05) is 67.6 Å². The number of hydrogen-bond donors (Lipinski definition) is 0. The Bertz CT molecular complexity index is 1840. The highest BCUT2D eigenvalue weighted by atomic mass is 19.3. The van der Waals surface area contributed by atoms with Crippen LogP contribution < -0.4 is 4.74 Å². The van der Waals surface area contributed by atoms with E-state index in [0.29, 0.717) is 22.3 Å². The van der Waals surface area contributed by atoms with Gasteiger partial charge in [0.25, 0.3) is 0 Å². The zero-order valence-electron chi connectivity index (χ0n) is 25.4. The van der Waals surface area contributed by atoms with Crippen LogP contribution in [0.15, 0.2) is 128 Å². The smallest absolute Gasteiger partial charge is 0.429 e. The minimum atomic E-state index is -4.08. The number of benzene rings is 5. The van der Waals surface area contributed by atoms with Crippen LogP contribution >= 0.6 is 0 Å². The van der Waals surface area contributed by atoms with Crippen molar-refractivity contribution in [1.82, 2.24) is 0 Å². The summed E-state index contributed by atoms with van der Waals surface area (Å²) in [5.41, 5.74) is 3.62. The number of rotatable bonds is 12. The predicted molar refractivity (Wildman–Crippen MR) is 175 cm³/mol. The monoisotopic (exact) mass is 624 g/mol. The maximum atomic E-state index is 15.1. The van der Waals surface area contributed by atoms with E-state index in [4.69, 9.17) is 4.74 Å². The normalized spacial score (nSPS) is 11.6. The van der Waals surface area contributed by atoms with E-state index in [1.54, 1.807) is 12.1 Å². The molecule has 6 heteroatoms. The highest BCUT2D eigenvalue weighted by Crippen LogP contribution is 2.37. The van der Waals surface area contributed by atoms with Crippen molar-refractivity contribution < 1.29 is 26.7 Å². The summed E-state index contributed by atoms with van der Waals surface area (Å²) in [6.45, 7) is 5.68. The molecule has 0 unspecified atom stereocenters. The summed E-state index contributed by atoms with van der Waals surface area (Å²) in [5.74, 6) is -3.10. The van der Waals surface area contributed by atoms with Crippen molar-refractivity contribution in [3.8, 4) is 39.1 Å². The lowest BCUT2D eigenvalue weighted by molar-refractivity contribution is -0.187. The minimum Gasteiger partial charge on any atom is -0.429 e. The summed E-state index contributed by atoms with van der Waals surface area (Å²) >= 11 is 0. The largest absolute Gasteiger partial charge is 0.429 e. The van der Waals surface area contributed by atoms with Gasteiger partial charge in [0.1, 0.15) is 23.2 Å². The molecule has 0 aromatic heterocycles. The van der Waals surface area contributed by atoms with Crippen molar-refractivity contribution >= 4 is 0 Å². The van der Waals surface area contributed by atoms with Gasteiger partial charge in [0, 0.05) is 17.2 Å². The molecule has 0 aliphatic heterocycles. The lowest BCUT2D eigenvalue weighted by atomic mass is 9.98. The van der Waals surface area contributed by atoms with E-state index < -0.39 is 34.9 Å². The standard InChI is InChI=1S/C40H33F5O/c1-3-5-7-9-28-10-14-29(15-11-28)31-19-23-36(39(43)24-31)40(44,45)46-33-20-22-35(38(42)26-33)32-18-21-34(37(41)25-32)30-16-12-27(13-17-30)8-6-4-2/h3-5,10-26H,2,6-9H2,1H3/b5-3+. The zero-order chi connectivity index (χ0) is 32.7. The number of allylic oxidation sites excluding steroid dienone is 3. The average Bonchev–Trinajstić information content (AvgIpc) is 3.04. The molecule has 46 heavy (non-hydrogen) atoms. The Labute approximate surface area is 266 Å². The van der Waals surface area contributed by atoms with E-state index in [9.17, 15) is 4.39 Å². The molecule has 0 fully saturated rings. The number of hydrogen-bond acceptors (Lipinski definition) is 1. The van der Waals surface area contributed by atoms with E-state index >= 15 is 17.6 Å². The van der Waals surface area contributed by atoms with Crippen molar-refractivity contribution in [1.29, 1.82) is 0 Å². The van der Waals surface area contributed by atoms with Gasteiger partial charge < -0.3 is 4.74 Å². The van der Waals surface area contributed by atoms with Crippen LogP contribution in [-0.2, 0) is 19.0 Å². The van der Waals surface area contributed by atoms with Gasteiger partial charge in [-0.2, -0.15) is 8.78 Å². The number of halogens is 5. The Hall–Kier alpha value is -4.97. The Morgan fingerprint density at radius 3 is 1.76 bits per heavy atom. The van der Waals surface area contributed by atoms with E-state index in [0.717, 1.165) is 61.1 Å². The molecule has 5 aromatic carbocycles. The SMILES string of the molecule is C=CCCc1ccc(-c2ccc(-c3ccc(OC(F)(F)c4ccc(-c5ccc(CC/C=C/C)cc5)cc4F)cc3F)cc2F)cc1. The van der Waals surface area contributed by atoms with Crippen LogP contribution in [0.2, 0.25) is 0 Å². The molecule has 234 valence electrons. The molecule has 1 nitrogen and oxygen atoms in total. The third-order valence-corrected chi connectivity index (χ3v) is 7.77. The van der Waals surface area contributed by atoms with Crippen LogP contribution in [0.4, 0.5) is 22.0 Å². The number of aryl methyl sites for hydroxylation is 2. The van der Waals surface area contributed by atoms with Crippen molar-refractivity contribution in [2.45, 2.75) is 38.7 Å². The third-order valence-electron chi connectivity index (χ3n) is 7.77. The molecule has 5 rings (SSSR count). The maximum absolute atomic E-state index is 15.1. The molecule has 0 saturated heterocycles. The lowest BCUT2D eigenvalue weighted by Crippen LogP contribution is -2.23. The topological polar surface area (TPSA) is 9.23 Å². The molecule has 5 aromatic rings. The molecule has 0 bridgehead atoms. The van der Waals surface area contributed by atoms with Crippen LogP contribution in [0.1, 0.15) is 36.5 Å². The number of alkyl halides is 2. The first-order valence-corrected chi connectivity index (χ1v) is 15.1. The second-order valence-corrected chi connectivity index (χ2v) is 11.0. The predicted octanol–water partition coefficient (Wildman–Crippen LogP) is 11.9. The zero-order valence-corrected chi connectivity index (χ0v) is 25.4. The molecule has 0 aliphatic carbocycles. The first-order valence-electron chi connectivity index (χ1n) is 15.1. The van der Waals surface area contributed by atoms with Crippen molar-refractivity contribution in [2.75, 3.05) is 0 Å². The fourth-order valence-electron chi connectivity index (χ4n) is 5.24. The molecule has 0 aliphatic rings. The Kier molecular flexibility index (Phi) is 10.2. The summed E-state index contributed by atoms with van der Waals surface area (Å²) < 4.78 is 80.2. The molecular weight excluding hydrogens is 591 g/mol. The van der Waals surface area contributed by atoms with Crippen LogP contribution in [0, 0.1) is 17.5 Å². The summed E-state index contributed by atoms with van der Waals surface area (Å²) in [4.78, 5) is 0. The minimum absolute atomic E-state index is 0.00395. The lowest BCUT2D eigenvalue weighted by Gasteiger charge is -2.20. The van der Waals surface area contributed by atoms with E-state index in [1.165, 1.54) is 18.2 Å². The van der Waals surface area contributed by atoms with Gasteiger partial charge in [0.15, 0.2) is 0 Å². The quantitative estimate of drug-likeness (QED) is 0.0991. The Morgan fingerprint density at radius 1 is 0.609 bits per heavy atom. The van der Waals surface area contributed by atoms with Crippen LogP contribution in [0.25, 0.3) is 33.4 Å². The van der Waals surface area contributed by atoms with Gasteiger partial charge in [-0.15, -0.1) is 6.58 Å². The first-order chi connectivity index (χ1) is 22.2. The molecule has 0 heterocycles. The molecule has 0 saturated carbocycles. The third kappa shape index (κ3) is 7.63. The van der Waals surface area contributed by atoms with Crippen molar-refractivity contribution in [3.63, 3.8) is 0 Å². The first kappa shape index (κ1) is 32.4. The van der Waals surface area contributed by atoms with Gasteiger partial charge in [-0.25, -0.2) is 13.2 Å². The van der Waals surface area contributed by atoms with Crippen LogP contribution in [0.3, 0.4) is 0 Å². The number of ether oxygens (including phenoxy) is 1. The summed E-state index contributed by atoms with van der Waals surface area (Å²) in [6, 6.07) is 25.8. The summed E-state index contributed by atoms with van der Waals surface area (Å²) in [6.07, 6.45) is 5.25. The summed E-state index contributed by atoms with van der Waals surface area (Å²) in [7, 11) is 0. The fraction of sp³-hybridized carbons (Fsp3) is 0.150. The molecule has 0 atom stereocenters. The second-order valence-electron chi connectivity index (χ2n) is 11.0. The molecule has 0 N–H and O–H groups in total. The van der Waals surface area contributed by atoms with Crippen LogP contribution in [0.5, 0.6) is 5.75 Å². The van der Waals surface area contributed by atoms with Crippen molar-refractivity contribution in [2.24, 2.45) is 0 Å². The van der Waals surface area contributed by atoms with Gasteiger partial charge in [-0.3, -0.25) is 0 Å². The van der Waals surface area contributed by atoms with Gasteiger partial charge in [0.2, 0.25) is 0 Å². The average molecular weight is 625 g/mol. The Balaban J connectivity index is 1.29. The van der Waals surface area contributed by atoms with Gasteiger partial charge in [-0.05, 0) is 96.3 Å². The van der Waals surface area contributed by atoms with Crippen molar-refractivity contribution in [3.05, 3.63) is 162 Å². The van der Waals surface area contributed by atoms with Gasteiger partial charge in [0.05, 0.1) is 5.56 Å². The fourth-order valence-corrected chi connectivity index (χ4v) is 5.24. The highest BCUT2D eigenvalue weighted by molar-refractivity contribution is 5.72. The van der Waals surface area contributed by atoms with E-state index in [2.05, 4.69) is 12.7 Å². The van der Waals surface area contributed by atoms with Crippen LogP contribution in [-0.4, -0.2) is 0 Å². The molecule has 0 amide bonds. The molecule has 0 spiro atoms. The summed E-state index contributed by atoms with van der Waals surface area (Å²) in [5, 5.41) is 0. The highest BCUT2D eigenvalue weighted by Gasteiger charge is 2.38. The Morgan fingerprint density at radius 2 is 1.15 bits per heavy atom. The molecular formula is C40H33F5O. The maximum Gasteiger partial charge on any atom is 0.429 e. The molecule has 0 radical (unpaired) electrons.